The van der Waals surface area contributed by atoms with E-state index in [1.807, 2.05) is 12.3 Å². The molecular formula is C7H7N3+. The van der Waals surface area contributed by atoms with Crippen LogP contribution < -0.4 is 10.3 Å². The van der Waals surface area contributed by atoms with Gasteiger partial charge in [-0.3, -0.25) is 0 Å². The molecule has 49 valence electrons. The molecule has 10 heavy (non-hydrogen) atoms. The Hall–Kier alpha value is -1.38. The smallest absolute Gasteiger partial charge is 0.239 e. The van der Waals surface area contributed by atoms with E-state index in [1.54, 1.807) is 12.6 Å². The lowest BCUT2D eigenvalue weighted by atomic mass is 10.1. The van der Waals surface area contributed by atoms with Gasteiger partial charge in [0.25, 0.3) is 0 Å². The van der Waals surface area contributed by atoms with Gasteiger partial charge in [0.05, 0.1) is 17.6 Å². The van der Waals surface area contributed by atoms with Crippen LogP contribution in [0.1, 0.15) is 0 Å². The first-order chi connectivity index (χ1) is 4.97. The van der Waals surface area contributed by atoms with Crippen molar-refractivity contribution >= 4 is 12.6 Å². The van der Waals surface area contributed by atoms with Crippen molar-refractivity contribution < 1.29 is 0 Å². The molecule has 0 atom stereocenters. The fourth-order valence-electron chi connectivity index (χ4n) is 0.956. The molecule has 2 heterocycles. The summed E-state index contributed by atoms with van der Waals surface area (Å²) < 4.78 is 0. The van der Waals surface area contributed by atoms with E-state index in [4.69, 9.17) is 0 Å². The van der Waals surface area contributed by atoms with Crippen LogP contribution in [0.4, 0.5) is 0 Å². The van der Waals surface area contributed by atoms with Crippen molar-refractivity contribution in [3.05, 3.63) is 23.5 Å². The first-order valence-corrected chi connectivity index (χ1v) is 3.14. The van der Waals surface area contributed by atoms with Crippen molar-refractivity contribution in [1.82, 2.24) is 10.3 Å². The van der Waals surface area contributed by atoms with Crippen molar-refractivity contribution in [2.45, 2.75) is 0 Å². The van der Waals surface area contributed by atoms with Crippen LogP contribution in [-0.2, 0) is 0 Å². The highest BCUT2D eigenvalue weighted by molar-refractivity contribution is 5.77. The molecule has 0 amide bonds. The van der Waals surface area contributed by atoms with Gasteiger partial charge in [0.15, 0.2) is 0 Å². The standard InChI is InChI=1S/C7H7N3/c1-2-8-3-6-4-9-5-10-7(1)6/h1-2,4-5H,3H2,(H,9,10)/q+1. The van der Waals surface area contributed by atoms with Gasteiger partial charge in [0.2, 0.25) is 12.8 Å². The fraction of sp³-hybridized carbons (Fsp3) is 0.143. The predicted molar refractivity (Wildman–Crippen MR) is 40.9 cm³/mol. The molecule has 0 saturated carbocycles. The van der Waals surface area contributed by atoms with Crippen molar-refractivity contribution in [3.8, 4) is 0 Å². The van der Waals surface area contributed by atoms with Crippen molar-refractivity contribution in [2.75, 3.05) is 6.54 Å². The number of hydrogen-bond donors (Lipinski definition) is 1. The van der Waals surface area contributed by atoms with E-state index in [0.717, 1.165) is 17.8 Å². The van der Waals surface area contributed by atoms with Gasteiger partial charge < -0.3 is 5.32 Å². The third-order valence-electron chi connectivity index (χ3n) is 1.48. The van der Waals surface area contributed by atoms with Gasteiger partial charge in [-0.15, -0.1) is 0 Å². The molecule has 0 unspecified atom stereocenters. The summed E-state index contributed by atoms with van der Waals surface area (Å²) in [5.41, 5.74) is 2.27. The first-order valence-electron chi connectivity index (χ1n) is 3.14. The number of nitrogens with zero attached hydrogens (tertiary/aromatic N) is 2. The molecule has 0 aliphatic carbocycles. The van der Waals surface area contributed by atoms with Gasteiger partial charge in [-0.2, -0.15) is 0 Å². The minimum atomic E-state index is 0.746. The third-order valence-corrected chi connectivity index (χ3v) is 1.48. The van der Waals surface area contributed by atoms with Crippen LogP contribution >= 0.6 is 0 Å². The topological polar surface area (TPSA) is 38.5 Å². The van der Waals surface area contributed by atoms with E-state index in [9.17, 15) is 0 Å². The number of dihydropyridines is 1. The minimum absolute atomic E-state index is 0.746. The van der Waals surface area contributed by atoms with Crippen LogP contribution in [0, 0.1) is 0 Å². The monoisotopic (exact) mass is 133 g/mol. The fourth-order valence-corrected chi connectivity index (χ4v) is 0.956. The Balaban J connectivity index is 2.38. The Bertz CT molecular complexity index is 230. The summed E-state index contributed by atoms with van der Waals surface area (Å²) in [5.74, 6) is 0. The maximum atomic E-state index is 4.08. The zero-order valence-electron chi connectivity index (χ0n) is 5.41. The molecule has 0 fully saturated rings. The number of allylic oxidation sites excluding steroid dienone is 1. The maximum absolute atomic E-state index is 4.08. The number of fused-ring (bicyclic) bond motifs is 1. The highest BCUT2D eigenvalue weighted by Crippen LogP contribution is 2.09. The number of aliphatic imine (C=N–C) groups is 2. The van der Waals surface area contributed by atoms with Gasteiger partial charge in [-0.25, -0.2) is 4.99 Å². The van der Waals surface area contributed by atoms with E-state index < -0.39 is 0 Å². The molecule has 3 nitrogen and oxygen atoms in total. The Morgan fingerprint density at radius 1 is 1.60 bits per heavy atom. The molecule has 0 aromatic carbocycles. The highest BCUT2D eigenvalue weighted by atomic mass is 15.0. The van der Waals surface area contributed by atoms with Crippen LogP contribution in [-0.4, -0.2) is 19.1 Å². The SMILES string of the molecule is C1=NC=C2C[N+]=CC=C2N1. The number of nitrogens with one attached hydrogen (secondary N) is 1. The van der Waals surface area contributed by atoms with Gasteiger partial charge >= 0.3 is 0 Å². The zero-order chi connectivity index (χ0) is 6.81. The van der Waals surface area contributed by atoms with Crippen LogP contribution in [0.25, 0.3) is 0 Å². The zero-order valence-corrected chi connectivity index (χ0v) is 5.41. The summed E-state index contributed by atoms with van der Waals surface area (Å²) in [6.07, 6.45) is 7.26. The molecule has 0 spiro atoms. The van der Waals surface area contributed by atoms with Gasteiger partial charge in [0.1, 0.15) is 0 Å². The molecule has 0 saturated heterocycles. The second-order valence-electron chi connectivity index (χ2n) is 2.15. The average Bonchev–Trinajstić information content (AvgIpc) is 2.05. The number of rotatable bonds is 0. The Kier molecular flexibility index (Phi) is 1.13. The molecule has 2 rings (SSSR count). The largest absolute Gasteiger partial charge is 0.346 e. The summed E-state index contributed by atoms with van der Waals surface area (Å²) in [7, 11) is 0. The first kappa shape index (κ1) is 5.41. The molecule has 0 aromatic rings. The van der Waals surface area contributed by atoms with Crippen molar-refractivity contribution in [1.29, 1.82) is 0 Å². The van der Waals surface area contributed by atoms with E-state index in [-0.39, 0.29) is 0 Å². The summed E-state index contributed by atoms with van der Waals surface area (Å²) in [4.78, 5) is 8.03. The highest BCUT2D eigenvalue weighted by Gasteiger charge is 2.14. The quantitative estimate of drug-likeness (QED) is 0.488. The van der Waals surface area contributed by atoms with Gasteiger partial charge in [-0.1, -0.05) is 0 Å². The normalized spacial score (nSPS) is 20.8. The molecule has 0 bridgehead atoms. The molecule has 1 radical (unpaired) electrons. The van der Waals surface area contributed by atoms with Crippen molar-refractivity contribution in [3.63, 3.8) is 0 Å². The lowest BCUT2D eigenvalue weighted by Crippen LogP contribution is -2.21. The predicted octanol–water partition coefficient (Wildman–Crippen LogP) is -0.194. The molecule has 1 N–H and O–H groups in total. The van der Waals surface area contributed by atoms with Crippen LogP contribution in [0.5, 0.6) is 0 Å². The Labute approximate surface area is 58.9 Å². The maximum Gasteiger partial charge on any atom is 0.239 e. The third kappa shape index (κ3) is 0.757. The van der Waals surface area contributed by atoms with E-state index >= 15 is 0 Å². The molecule has 2 aliphatic rings. The lowest BCUT2D eigenvalue weighted by molar-refractivity contribution is 0.972. The van der Waals surface area contributed by atoms with Crippen LogP contribution in [0.2, 0.25) is 0 Å². The average molecular weight is 133 g/mol. The Morgan fingerprint density at radius 3 is 3.50 bits per heavy atom. The van der Waals surface area contributed by atoms with Gasteiger partial charge in [0, 0.05) is 17.3 Å². The van der Waals surface area contributed by atoms with E-state index in [0.29, 0.717) is 0 Å². The van der Waals surface area contributed by atoms with E-state index in [1.165, 1.54) is 0 Å². The van der Waals surface area contributed by atoms with Crippen LogP contribution in [0.15, 0.2) is 28.5 Å². The molecule has 2 aliphatic heterocycles. The van der Waals surface area contributed by atoms with Gasteiger partial charge in [-0.05, 0) is 0 Å². The molecule has 0 aromatic heterocycles. The summed E-state index contributed by atoms with van der Waals surface area (Å²) in [5, 5.41) is 3.03. The minimum Gasteiger partial charge on any atom is -0.346 e. The molecule has 3 heteroatoms. The van der Waals surface area contributed by atoms with E-state index in [2.05, 4.69) is 15.3 Å². The van der Waals surface area contributed by atoms with Crippen molar-refractivity contribution in [2.24, 2.45) is 4.99 Å². The second-order valence-corrected chi connectivity index (χ2v) is 2.15. The molecular weight excluding hydrogens is 126 g/mol. The summed E-state index contributed by atoms with van der Waals surface area (Å²) in [6, 6.07) is 0. The lowest BCUT2D eigenvalue weighted by Gasteiger charge is -2.09. The Morgan fingerprint density at radius 2 is 2.60 bits per heavy atom. The second kappa shape index (κ2) is 2.10. The summed E-state index contributed by atoms with van der Waals surface area (Å²) in [6.45, 7) is 0.746. The summed E-state index contributed by atoms with van der Waals surface area (Å²) >= 11 is 0. The number of hydrogen-bond acceptors (Lipinski definition) is 3. The van der Waals surface area contributed by atoms with Crippen LogP contribution in [0.3, 0.4) is 0 Å².